The zero-order chi connectivity index (χ0) is 14.0. The Morgan fingerprint density at radius 3 is 2.95 bits per heavy atom. The summed E-state index contributed by atoms with van der Waals surface area (Å²) in [4.78, 5) is 0. The third-order valence-electron chi connectivity index (χ3n) is 4.87. The molecule has 4 heteroatoms. The van der Waals surface area contributed by atoms with Gasteiger partial charge in [0.1, 0.15) is 0 Å². The van der Waals surface area contributed by atoms with E-state index in [4.69, 9.17) is 4.74 Å². The summed E-state index contributed by atoms with van der Waals surface area (Å²) in [5, 5.41) is 8.04. The second kappa shape index (κ2) is 5.86. The summed E-state index contributed by atoms with van der Waals surface area (Å²) in [6, 6.07) is 0. The van der Waals surface area contributed by atoms with Crippen LogP contribution >= 0.6 is 0 Å². The van der Waals surface area contributed by atoms with Crippen molar-refractivity contribution in [3.05, 3.63) is 17.5 Å². The highest BCUT2D eigenvalue weighted by Gasteiger charge is 2.41. The molecule has 112 valence electrons. The fraction of sp³-hybridized carbons (Fsp3) is 0.812. The first kappa shape index (κ1) is 14.1. The van der Waals surface area contributed by atoms with Crippen LogP contribution in [0.4, 0.5) is 0 Å². The highest BCUT2D eigenvalue weighted by atomic mass is 16.5. The van der Waals surface area contributed by atoms with Crippen molar-refractivity contribution in [2.45, 2.75) is 70.1 Å². The summed E-state index contributed by atoms with van der Waals surface area (Å²) >= 11 is 0. The Bertz CT molecular complexity index is 449. The molecule has 1 saturated carbocycles. The maximum atomic E-state index is 6.33. The molecule has 1 aromatic heterocycles. The molecule has 1 aliphatic heterocycles. The molecule has 1 unspecified atom stereocenters. The normalized spacial score (nSPS) is 24.8. The van der Waals surface area contributed by atoms with E-state index >= 15 is 0 Å². The van der Waals surface area contributed by atoms with Crippen LogP contribution in [-0.4, -0.2) is 28.0 Å². The first-order valence-electron chi connectivity index (χ1n) is 8.11. The van der Waals surface area contributed by atoms with Crippen LogP contribution in [0.25, 0.3) is 0 Å². The Kier molecular flexibility index (Phi) is 4.13. The zero-order valence-electron chi connectivity index (χ0n) is 12.8. The number of aromatic nitrogens is 2. The third-order valence-corrected chi connectivity index (χ3v) is 4.87. The fourth-order valence-corrected chi connectivity index (χ4v) is 3.82. The van der Waals surface area contributed by atoms with Gasteiger partial charge >= 0.3 is 0 Å². The Hall–Kier alpha value is -0.870. The molecule has 1 atom stereocenters. The number of rotatable bonds is 5. The van der Waals surface area contributed by atoms with Gasteiger partial charge in [-0.2, -0.15) is 5.10 Å². The Balaban J connectivity index is 1.46. The largest absolute Gasteiger partial charge is 0.370 e. The molecule has 0 amide bonds. The first-order valence-corrected chi connectivity index (χ1v) is 8.11. The average molecular weight is 277 g/mol. The highest BCUT2D eigenvalue weighted by molar-refractivity contribution is 5.16. The minimum atomic E-state index is 0.259. The van der Waals surface area contributed by atoms with E-state index in [1.807, 2.05) is 11.7 Å². The van der Waals surface area contributed by atoms with Gasteiger partial charge in [-0.15, -0.1) is 0 Å². The van der Waals surface area contributed by atoms with Gasteiger partial charge in [0.25, 0.3) is 0 Å². The van der Waals surface area contributed by atoms with E-state index in [0.29, 0.717) is 6.10 Å². The molecule has 1 N–H and O–H groups in total. The zero-order valence-corrected chi connectivity index (χ0v) is 12.8. The molecule has 1 saturated heterocycles. The van der Waals surface area contributed by atoms with Crippen molar-refractivity contribution in [3.63, 3.8) is 0 Å². The fourth-order valence-electron chi connectivity index (χ4n) is 3.82. The molecule has 0 bridgehead atoms. The molecule has 1 spiro atoms. The molecule has 4 nitrogen and oxygen atoms in total. The molecule has 0 aromatic carbocycles. The maximum absolute atomic E-state index is 6.33. The Morgan fingerprint density at radius 2 is 2.20 bits per heavy atom. The minimum Gasteiger partial charge on any atom is -0.370 e. The number of aryl methyl sites for hydroxylation is 2. The molecule has 0 radical (unpaired) electrons. The molecule has 2 fully saturated rings. The van der Waals surface area contributed by atoms with Gasteiger partial charge in [-0.1, -0.05) is 19.8 Å². The predicted molar refractivity (Wildman–Crippen MR) is 79.6 cm³/mol. The molecule has 20 heavy (non-hydrogen) atoms. The van der Waals surface area contributed by atoms with Crippen molar-refractivity contribution in [2.24, 2.45) is 7.05 Å². The van der Waals surface area contributed by atoms with Crippen LogP contribution in [0, 0.1) is 0 Å². The van der Waals surface area contributed by atoms with Gasteiger partial charge in [-0.3, -0.25) is 4.68 Å². The van der Waals surface area contributed by atoms with Crippen molar-refractivity contribution < 1.29 is 4.74 Å². The first-order chi connectivity index (χ1) is 9.71. The van der Waals surface area contributed by atoms with Crippen molar-refractivity contribution in [1.29, 1.82) is 0 Å². The van der Waals surface area contributed by atoms with E-state index in [1.54, 1.807) is 0 Å². The lowest BCUT2D eigenvalue weighted by atomic mass is 9.98. The van der Waals surface area contributed by atoms with E-state index < -0.39 is 0 Å². The lowest BCUT2D eigenvalue weighted by molar-refractivity contribution is -0.0351. The van der Waals surface area contributed by atoms with Crippen LogP contribution in [-0.2, 0) is 24.8 Å². The van der Waals surface area contributed by atoms with Crippen molar-refractivity contribution in [1.82, 2.24) is 15.1 Å². The number of hydrogen-bond acceptors (Lipinski definition) is 3. The molecule has 2 heterocycles. The van der Waals surface area contributed by atoms with E-state index in [0.717, 1.165) is 19.5 Å². The molecular formula is C16H27N3O. The molecule has 1 aromatic rings. The predicted octanol–water partition coefficient (Wildman–Crippen LogP) is 2.56. The van der Waals surface area contributed by atoms with Gasteiger partial charge in [0.15, 0.2) is 0 Å². The van der Waals surface area contributed by atoms with Crippen molar-refractivity contribution >= 4 is 0 Å². The van der Waals surface area contributed by atoms with Gasteiger partial charge in [0.2, 0.25) is 0 Å². The molecule has 2 aliphatic rings. The molecule has 1 aliphatic carbocycles. The second-order valence-electron chi connectivity index (χ2n) is 6.43. The second-order valence-corrected chi connectivity index (χ2v) is 6.43. The van der Waals surface area contributed by atoms with E-state index in [1.165, 1.54) is 49.8 Å². The van der Waals surface area contributed by atoms with E-state index in [2.05, 4.69) is 23.5 Å². The van der Waals surface area contributed by atoms with Gasteiger partial charge in [0.05, 0.1) is 17.4 Å². The summed E-state index contributed by atoms with van der Waals surface area (Å²) in [6.07, 6.45) is 11.3. The SMILES string of the molecule is CCc1nn(C)cc1CNCC1CCC2(CCCC2)O1. The monoisotopic (exact) mass is 277 g/mol. The maximum Gasteiger partial charge on any atom is 0.0708 e. The number of nitrogens with one attached hydrogen (secondary N) is 1. The van der Waals surface area contributed by atoms with Crippen LogP contribution < -0.4 is 5.32 Å². The summed E-state index contributed by atoms with van der Waals surface area (Å²) in [7, 11) is 1.99. The van der Waals surface area contributed by atoms with Crippen molar-refractivity contribution in [3.8, 4) is 0 Å². The number of nitrogens with zero attached hydrogens (tertiary/aromatic N) is 2. The average Bonchev–Trinajstić information content (AvgIpc) is 3.13. The highest BCUT2D eigenvalue weighted by Crippen LogP contribution is 2.43. The quantitative estimate of drug-likeness (QED) is 0.899. The van der Waals surface area contributed by atoms with E-state index in [9.17, 15) is 0 Å². The summed E-state index contributed by atoms with van der Waals surface area (Å²) in [6.45, 7) is 4.04. The lowest BCUT2D eigenvalue weighted by Gasteiger charge is -2.23. The van der Waals surface area contributed by atoms with Crippen LogP contribution in [0.3, 0.4) is 0 Å². The van der Waals surface area contributed by atoms with Crippen molar-refractivity contribution in [2.75, 3.05) is 6.54 Å². The Labute approximate surface area is 121 Å². The van der Waals surface area contributed by atoms with E-state index in [-0.39, 0.29) is 5.60 Å². The summed E-state index contributed by atoms with van der Waals surface area (Å²) < 4.78 is 8.24. The molecular weight excluding hydrogens is 250 g/mol. The smallest absolute Gasteiger partial charge is 0.0708 e. The van der Waals surface area contributed by atoms with Crippen LogP contribution in [0.5, 0.6) is 0 Å². The number of ether oxygens (including phenoxy) is 1. The minimum absolute atomic E-state index is 0.259. The standard InChI is InChI=1S/C16H27N3O/c1-3-15-13(12-19(2)18-15)10-17-11-14-6-9-16(20-14)7-4-5-8-16/h12,14,17H,3-11H2,1-2H3. The van der Waals surface area contributed by atoms with Gasteiger partial charge < -0.3 is 10.1 Å². The van der Waals surface area contributed by atoms with Crippen LogP contribution in [0.15, 0.2) is 6.20 Å². The Morgan fingerprint density at radius 1 is 1.40 bits per heavy atom. The van der Waals surface area contributed by atoms with Gasteiger partial charge in [0, 0.05) is 31.9 Å². The van der Waals surface area contributed by atoms with Crippen LogP contribution in [0.2, 0.25) is 0 Å². The lowest BCUT2D eigenvalue weighted by Crippen LogP contribution is -2.30. The summed E-state index contributed by atoms with van der Waals surface area (Å²) in [5.74, 6) is 0. The third kappa shape index (κ3) is 2.91. The number of hydrogen-bond donors (Lipinski definition) is 1. The van der Waals surface area contributed by atoms with Crippen LogP contribution in [0.1, 0.15) is 56.7 Å². The van der Waals surface area contributed by atoms with Gasteiger partial charge in [-0.05, 0) is 32.1 Å². The topological polar surface area (TPSA) is 39.1 Å². The summed E-state index contributed by atoms with van der Waals surface area (Å²) in [5.41, 5.74) is 2.79. The molecule has 3 rings (SSSR count). The van der Waals surface area contributed by atoms with Gasteiger partial charge in [-0.25, -0.2) is 0 Å².